The SMILES string of the molecule is COc1ccccc1-c1nnc(SCc2nc(-c3ccc(C)cc3)no2)n1C. The minimum atomic E-state index is 0.511. The summed E-state index contributed by atoms with van der Waals surface area (Å²) in [5.41, 5.74) is 3.02. The zero-order valence-electron chi connectivity index (χ0n) is 15.8. The number of thioether (sulfide) groups is 1. The Kier molecular flexibility index (Phi) is 5.12. The normalized spacial score (nSPS) is 11.0. The van der Waals surface area contributed by atoms with E-state index >= 15 is 0 Å². The van der Waals surface area contributed by atoms with Gasteiger partial charge < -0.3 is 13.8 Å². The summed E-state index contributed by atoms with van der Waals surface area (Å²) < 4.78 is 12.7. The van der Waals surface area contributed by atoms with Crippen LogP contribution in [0.1, 0.15) is 11.5 Å². The molecule has 0 saturated carbocycles. The molecular weight excluding hydrogens is 374 g/mol. The number of hydrogen-bond donors (Lipinski definition) is 0. The summed E-state index contributed by atoms with van der Waals surface area (Å²) >= 11 is 1.49. The van der Waals surface area contributed by atoms with Crippen molar-refractivity contribution in [2.24, 2.45) is 7.05 Å². The summed E-state index contributed by atoms with van der Waals surface area (Å²) in [6.45, 7) is 2.04. The van der Waals surface area contributed by atoms with Crippen LogP contribution in [0.3, 0.4) is 0 Å². The molecule has 0 unspecified atom stereocenters. The zero-order chi connectivity index (χ0) is 19.5. The second kappa shape index (κ2) is 7.85. The highest BCUT2D eigenvalue weighted by molar-refractivity contribution is 7.98. The van der Waals surface area contributed by atoms with Crippen molar-refractivity contribution in [3.63, 3.8) is 0 Å². The lowest BCUT2D eigenvalue weighted by Gasteiger charge is -2.07. The molecule has 2 aromatic heterocycles. The van der Waals surface area contributed by atoms with Crippen LogP contribution >= 0.6 is 11.8 Å². The molecule has 0 N–H and O–H groups in total. The molecule has 0 aliphatic carbocycles. The molecular formula is C20H19N5O2S. The van der Waals surface area contributed by atoms with Crippen LogP contribution in [0.15, 0.2) is 58.2 Å². The lowest BCUT2D eigenvalue weighted by molar-refractivity contribution is 0.391. The third-order valence-corrected chi connectivity index (χ3v) is 5.29. The Hall–Kier alpha value is -3.13. The summed E-state index contributed by atoms with van der Waals surface area (Å²) in [5, 5.41) is 13.4. The van der Waals surface area contributed by atoms with Crippen molar-refractivity contribution in [1.82, 2.24) is 24.9 Å². The fourth-order valence-electron chi connectivity index (χ4n) is 2.76. The predicted molar refractivity (Wildman–Crippen MR) is 107 cm³/mol. The summed E-state index contributed by atoms with van der Waals surface area (Å²) in [6, 6.07) is 15.8. The standard InChI is InChI=1S/C20H19N5O2S/c1-13-8-10-14(11-9-13)18-21-17(27-24-18)12-28-20-23-22-19(25(20)2)15-6-4-5-7-16(15)26-3/h4-11H,12H2,1-3H3. The zero-order valence-corrected chi connectivity index (χ0v) is 16.6. The van der Waals surface area contributed by atoms with Gasteiger partial charge in [0, 0.05) is 12.6 Å². The molecule has 0 aliphatic heterocycles. The Balaban J connectivity index is 1.49. The first-order valence-electron chi connectivity index (χ1n) is 8.71. The molecule has 0 bridgehead atoms. The van der Waals surface area contributed by atoms with Crippen molar-refractivity contribution in [1.29, 1.82) is 0 Å². The van der Waals surface area contributed by atoms with Crippen LogP contribution in [0.4, 0.5) is 0 Å². The number of benzene rings is 2. The van der Waals surface area contributed by atoms with Crippen LogP contribution in [0.25, 0.3) is 22.8 Å². The maximum atomic E-state index is 5.42. The van der Waals surface area contributed by atoms with Gasteiger partial charge in [-0.2, -0.15) is 4.98 Å². The van der Waals surface area contributed by atoms with Crippen molar-refractivity contribution < 1.29 is 9.26 Å². The van der Waals surface area contributed by atoms with Crippen LogP contribution in [0.5, 0.6) is 5.75 Å². The summed E-state index contributed by atoms with van der Waals surface area (Å²) in [7, 11) is 3.57. The number of methoxy groups -OCH3 is 1. The first kappa shape index (κ1) is 18.2. The third kappa shape index (κ3) is 3.63. The van der Waals surface area contributed by atoms with E-state index in [0.717, 1.165) is 27.9 Å². The van der Waals surface area contributed by atoms with Gasteiger partial charge in [0.25, 0.3) is 0 Å². The van der Waals surface area contributed by atoms with E-state index in [9.17, 15) is 0 Å². The molecule has 0 atom stereocenters. The number of rotatable bonds is 6. The van der Waals surface area contributed by atoms with Crippen LogP contribution in [-0.2, 0) is 12.8 Å². The lowest BCUT2D eigenvalue weighted by atomic mass is 10.1. The van der Waals surface area contributed by atoms with Crippen LogP contribution in [-0.4, -0.2) is 32.0 Å². The largest absolute Gasteiger partial charge is 0.496 e. The predicted octanol–water partition coefficient (Wildman–Crippen LogP) is 4.14. The molecule has 4 aromatic rings. The van der Waals surface area contributed by atoms with Gasteiger partial charge in [0.15, 0.2) is 11.0 Å². The maximum Gasteiger partial charge on any atom is 0.237 e. The van der Waals surface area contributed by atoms with E-state index in [-0.39, 0.29) is 0 Å². The second-order valence-electron chi connectivity index (χ2n) is 6.23. The van der Waals surface area contributed by atoms with E-state index in [4.69, 9.17) is 9.26 Å². The van der Waals surface area contributed by atoms with E-state index in [1.54, 1.807) is 7.11 Å². The number of aromatic nitrogens is 5. The Morgan fingerprint density at radius 2 is 1.86 bits per heavy atom. The molecule has 2 heterocycles. The number of para-hydroxylation sites is 1. The fourth-order valence-corrected chi connectivity index (χ4v) is 3.51. The lowest BCUT2D eigenvalue weighted by Crippen LogP contribution is -1.97. The van der Waals surface area contributed by atoms with Crippen LogP contribution in [0, 0.1) is 6.92 Å². The molecule has 0 saturated heterocycles. The highest BCUT2D eigenvalue weighted by atomic mass is 32.2. The van der Waals surface area contributed by atoms with Crippen molar-refractivity contribution >= 4 is 11.8 Å². The molecule has 7 nitrogen and oxygen atoms in total. The van der Waals surface area contributed by atoms with Gasteiger partial charge in [0.05, 0.1) is 18.4 Å². The van der Waals surface area contributed by atoms with Crippen LogP contribution in [0.2, 0.25) is 0 Å². The van der Waals surface area contributed by atoms with E-state index in [0.29, 0.717) is 17.5 Å². The Labute approximate surface area is 166 Å². The highest BCUT2D eigenvalue weighted by Gasteiger charge is 2.16. The molecule has 8 heteroatoms. The highest BCUT2D eigenvalue weighted by Crippen LogP contribution is 2.30. The van der Waals surface area contributed by atoms with Gasteiger partial charge in [-0.15, -0.1) is 10.2 Å². The average Bonchev–Trinajstić information content (AvgIpc) is 3.34. The molecule has 0 aliphatic rings. The van der Waals surface area contributed by atoms with Gasteiger partial charge in [0.2, 0.25) is 11.7 Å². The number of aryl methyl sites for hydroxylation is 1. The summed E-state index contributed by atoms with van der Waals surface area (Å²) in [5.74, 6) is 3.14. The monoisotopic (exact) mass is 393 g/mol. The molecule has 0 spiro atoms. The van der Waals surface area contributed by atoms with Gasteiger partial charge >= 0.3 is 0 Å². The number of ether oxygens (including phenoxy) is 1. The Bertz CT molecular complexity index is 1090. The molecule has 0 amide bonds. The van der Waals surface area contributed by atoms with Gasteiger partial charge in [0.1, 0.15) is 5.75 Å². The first-order valence-corrected chi connectivity index (χ1v) is 9.69. The van der Waals surface area contributed by atoms with Crippen LogP contribution < -0.4 is 4.74 Å². The van der Waals surface area contributed by atoms with Gasteiger partial charge in [-0.25, -0.2) is 0 Å². The van der Waals surface area contributed by atoms with Crippen molar-refractivity contribution in [2.75, 3.05) is 7.11 Å². The average molecular weight is 393 g/mol. The first-order chi connectivity index (χ1) is 13.7. The molecule has 28 heavy (non-hydrogen) atoms. The molecule has 2 aromatic carbocycles. The quantitative estimate of drug-likeness (QED) is 0.456. The van der Waals surface area contributed by atoms with E-state index in [1.807, 2.05) is 67.1 Å². The third-order valence-electron chi connectivity index (χ3n) is 4.29. The number of nitrogens with zero attached hydrogens (tertiary/aromatic N) is 5. The Morgan fingerprint density at radius 3 is 2.64 bits per heavy atom. The van der Waals surface area contributed by atoms with Crippen molar-refractivity contribution in [3.05, 3.63) is 60.0 Å². The van der Waals surface area contributed by atoms with E-state index in [2.05, 4.69) is 20.3 Å². The van der Waals surface area contributed by atoms with Gasteiger partial charge in [-0.05, 0) is 19.1 Å². The number of hydrogen-bond acceptors (Lipinski definition) is 7. The van der Waals surface area contributed by atoms with E-state index in [1.165, 1.54) is 17.3 Å². The minimum Gasteiger partial charge on any atom is -0.496 e. The smallest absolute Gasteiger partial charge is 0.237 e. The van der Waals surface area contributed by atoms with E-state index < -0.39 is 0 Å². The molecule has 0 fully saturated rings. The second-order valence-corrected chi connectivity index (χ2v) is 7.17. The Morgan fingerprint density at radius 1 is 1.07 bits per heavy atom. The minimum absolute atomic E-state index is 0.511. The fraction of sp³-hybridized carbons (Fsp3) is 0.200. The molecule has 0 radical (unpaired) electrons. The molecule has 142 valence electrons. The topological polar surface area (TPSA) is 78.9 Å². The maximum absolute atomic E-state index is 5.42. The summed E-state index contributed by atoms with van der Waals surface area (Å²) in [4.78, 5) is 4.47. The van der Waals surface area contributed by atoms with Gasteiger partial charge in [-0.1, -0.05) is 58.9 Å². The van der Waals surface area contributed by atoms with Crippen molar-refractivity contribution in [3.8, 4) is 28.5 Å². The molecule has 4 rings (SSSR count). The summed E-state index contributed by atoms with van der Waals surface area (Å²) in [6.07, 6.45) is 0. The van der Waals surface area contributed by atoms with Gasteiger partial charge in [-0.3, -0.25) is 0 Å². The van der Waals surface area contributed by atoms with Crippen molar-refractivity contribution in [2.45, 2.75) is 17.8 Å².